The largest absolute Gasteiger partial charge is 0.504 e. The van der Waals surface area contributed by atoms with Crippen molar-refractivity contribution in [2.75, 3.05) is 20.1 Å². The van der Waals surface area contributed by atoms with Crippen LogP contribution in [0.1, 0.15) is 21.5 Å². The highest BCUT2D eigenvalue weighted by Gasteiger charge is 2.25. The summed E-state index contributed by atoms with van der Waals surface area (Å²) in [4.78, 5) is 21.7. The lowest BCUT2D eigenvalue weighted by Crippen LogP contribution is -2.24. The predicted octanol–water partition coefficient (Wildman–Crippen LogP) is 5.08. The lowest BCUT2D eigenvalue weighted by atomic mass is 10.1. The van der Waals surface area contributed by atoms with Crippen LogP contribution >= 0.6 is 0 Å². The van der Waals surface area contributed by atoms with Crippen LogP contribution in [0.2, 0.25) is 0 Å². The van der Waals surface area contributed by atoms with Crippen molar-refractivity contribution in [1.29, 1.82) is 5.26 Å². The van der Waals surface area contributed by atoms with Crippen LogP contribution in [0.5, 0.6) is 28.9 Å². The highest BCUT2D eigenvalue weighted by Crippen LogP contribution is 2.38. The molecule has 2 heterocycles. The first-order chi connectivity index (χ1) is 20.2. The van der Waals surface area contributed by atoms with Crippen molar-refractivity contribution in [3.63, 3.8) is 0 Å². The Bertz CT molecular complexity index is 1810. The monoisotopic (exact) mass is 590 g/mol. The zero-order valence-corrected chi connectivity index (χ0v) is 22.6. The average molecular weight is 591 g/mol. The summed E-state index contributed by atoms with van der Waals surface area (Å²) in [5, 5.41) is 28.3. The van der Waals surface area contributed by atoms with Gasteiger partial charge in [0.15, 0.2) is 17.3 Å². The summed E-state index contributed by atoms with van der Waals surface area (Å²) in [5.41, 5.74) is 0.475. The number of ether oxygens (including phenoxy) is 2. The number of amidine groups is 1. The number of benzene rings is 3. The van der Waals surface area contributed by atoms with Crippen molar-refractivity contribution in [3.05, 3.63) is 95.2 Å². The van der Waals surface area contributed by atoms with E-state index in [2.05, 4.69) is 9.98 Å². The molecule has 13 heteroatoms. The van der Waals surface area contributed by atoms with Gasteiger partial charge in [0.1, 0.15) is 11.6 Å². The van der Waals surface area contributed by atoms with Crippen LogP contribution in [0, 0.1) is 23.0 Å². The standard InChI is InChI=1S/C29H20F2N4O6S/c1-35-11-10-33-27(35)20-13-19(42(39)18-5-3-17(4-6-18)29(37)38)7-9-23(20)40-26-21(30)15-34-28(25(26)31)41-24-12-16(14-32)2-8-22(24)36/h2-9,12-13,15,36H,10-11H2,1H3,(H,37,38). The second-order valence-corrected chi connectivity index (χ2v) is 10.4. The number of rotatable bonds is 8. The van der Waals surface area contributed by atoms with Gasteiger partial charge in [-0.05, 0) is 54.6 Å². The number of aromatic nitrogens is 1. The van der Waals surface area contributed by atoms with Crippen LogP contribution in [0.25, 0.3) is 0 Å². The van der Waals surface area contributed by atoms with E-state index in [1.165, 1.54) is 60.7 Å². The normalized spacial score (nSPS) is 13.3. The number of carbonyl (C=O) groups is 1. The predicted molar refractivity (Wildman–Crippen MR) is 146 cm³/mol. The molecule has 5 rings (SSSR count). The molecule has 212 valence electrons. The fourth-order valence-electron chi connectivity index (χ4n) is 4.05. The Balaban J connectivity index is 1.52. The Morgan fingerprint density at radius 2 is 1.79 bits per heavy atom. The van der Waals surface area contributed by atoms with E-state index in [1.807, 2.05) is 6.07 Å². The summed E-state index contributed by atoms with van der Waals surface area (Å²) in [6.45, 7) is 1.02. The number of nitrogens with zero attached hydrogens (tertiary/aromatic N) is 4. The Kier molecular flexibility index (Phi) is 7.81. The van der Waals surface area contributed by atoms with Gasteiger partial charge in [-0.2, -0.15) is 9.65 Å². The Morgan fingerprint density at radius 3 is 2.45 bits per heavy atom. The van der Waals surface area contributed by atoms with E-state index in [9.17, 15) is 18.5 Å². The maximum absolute atomic E-state index is 15.5. The van der Waals surface area contributed by atoms with Gasteiger partial charge in [0.2, 0.25) is 11.6 Å². The topological polar surface area (TPSA) is 145 Å². The number of phenols is 1. The van der Waals surface area contributed by atoms with E-state index in [1.54, 1.807) is 11.9 Å². The van der Waals surface area contributed by atoms with Gasteiger partial charge in [0, 0.05) is 29.4 Å². The fourth-order valence-corrected chi connectivity index (χ4v) is 5.12. The molecule has 4 aromatic rings. The van der Waals surface area contributed by atoms with Crippen LogP contribution in [0.3, 0.4) is 0 Å². The molecule has 0 aliphatic carbocycles. The van der Waals surface area contributed by atoms with E-state index in [0.717, 1.165) is 0 Å². The van der Waals surface area contributed by atoms with Crippen molar-refractivity contribution in [3.8, 4) is 34.9 Å². The molecule has 1 unspecified atom stereocenters. The number of aromatic hydroxyl groups is 1. The second kappa shape index (κ2) is 11.6. The van der Waals surface area contributed by atoms with Gasteiger partial charge in [-0.15, -0.1) is 0 Å². The van der Waals surface area contributed by atoms with Gasteiger partial charge < -0.3 is 24.6 Å². The number of aliphatic imine (C=N–C) groups is 1. The molecule has 0 saturated carbocycles. The van der Waals surface area contributed by atoms with Crippen molar-refractivity contribution >= 4 is 22.6 Å². The smallest absolute Gasteiger partial charge is 0.335 e. The van der Waals surface area contributed by atoms with Crippen molar-refractivity contribution in [2.24, 2.45) is 4.99 Å². The number of carboxylic acid groups (broad SMARTS) is 1. The number of phenolic OH excluding ortho intramolecular Hbond substituents is 1. The van der Waals surface area contributed by atoms with E-state index in [4.69, 9.17) is 19.8 Å². The van der Waals surface area contributed by atoms with E-state index in [-0.39, 0.29) is 22.6 Å². The summed E-state index contributed by atoms with van der Waals surface area (Å²) in [6.07, 6.45) is 0.683. The molecule has 0 saturated heterocycles. The van der Waals surface area contributed by atoms with Gasteiger partial charge in [-0.25, -0.2) is 18.4 Å². The van der Waals surface area contributed by atoms with Crippen LogP contribution < -0.4 is 9.47 Å². The van der Waals surface area contributed by atoms with Crippen LogP contribution in [0.15, 0.2) is 81.6 Å². The van der Waals surface area contributed by atoms with Crippen LogP contribution in [-0.2, 0) is 10.8 Å². The van der Waals surface area contributed by atoms with Gasteiger partial charge in [0.05, 0.1) is 46.3 Å². The molecule has 2 N–H and O–H groups in total. The van der Waals surface area contributed by atoms with E-state index < -0.39 is 45.8 Å². The molecule has 0 spiro atoms. The quantitative estimate of drug-likeness (QED) is 0.287. The SMILES string of the molecule is CN1CCN=C1c1cc(S(=O)c2ccc(C(=O)O)cc2)ccc1Oc1c(F)cnc(Oc2cc(C#N)ccc2O)c1F. The maximum Gasteiger partial charge on any atom is 0.335 e. The third-order valence-corrected chi connectivity index (χ3v) is 7.57. The number of aromatic carboxylic acids is 1. The van der Waals surface area contributed by atoms with Crippen LogP contribution in [-0.4, -0.2) is 56.2 Å². The van der Waals surface area contributed by atoms with Gasteiger partial charge in [-0.1, -0.05) is 0 Å². The third-order valence-electron chi connectivity index (χ3n) is 6.19. The van der Waals surface area contributed by atoms with E-state index >= 15 is 4.39 Å². The maximum atomic E-state index is 15.5. The lowest BCUT2D eigenvalue weighted by molar-refractivity contribution is 0.0696. The van der Waals surface area contributed by atoms with Gasteiger partial charge >= 0.3 is 5.97 Å². The molecular weight excluding hydrogens is 570 g/mol. The van der Waals surface area contributed by atoms with Crippen molar-refractivity contribution < 1.29 is 37.5 Å². The summed E-state index contributed by atoms with van der Waals surface area (Å²) < 4.78 is 54.7. The fraction of sp³-hybridized carbons (Fsp3) is 0.103. The summed E-state index contributed by atoms with van der Waals surface area (Å²) in [7, 11) is 0.0375. The molecule has 1 aliphatic heterocycles. The number of halogens is 2. The molecule has 42 heavy (non-hydrogen) atoms. The zero-order valence-electron chi connectivity index (χ0n) is 21.7. The summed E-state index contributed by atoms with van der Waals surface area (Å²) in [5.74, 6) is -5.37. The molecule has 0 amide bonds. The summed E-state index contributed by atoms with van der Waals surface area (Å²) in [6, 6.07) is 15.5. The minimum absolute atomic E-state index is 0.00579. The molecule has 1 atom stereocenters. The number of carboxylic acids is 1. The number of likely N-dealkylation sites (N-methyl/N-ethyl adjacent to an activating group) is 1. The van der Waals surface area contributed by atoms with Gasteiger partial charge in [-0.3, -0.25) is 4.99 Å². The van der Waals surface area contributed by atoms with Crippen molar-refractivity contribution in [2.45, 2.75) is 9.79 Å². The first kappa shape index (κ1) is 28.2. The first-order valence-electron chi connectivity index (χ1n) is 12.2. The molecule has 0 radical (unpaired) electrons. The molecule has 3 aromatic carbocycles. The lowest BCUT2D eigenvalue weighted by Gasteiger charge is -2.19. The molecular formula is C29H20F2N4O6S. The minimum Gasteiger partial charge on any atom is -0.504 e. The minimum atomic E-state index is -1.73. The molecule has 0 bridgehead atoms. The Labute approximate surface area is 240 Å². The zero-order chi connectivity index (χ0) is 30.0. The highest BCUT2D eigenvalue weighted by molar-refractivity contribution is 7.85. The average Bonchev–Trinajstić information content (AvgIpc) is 3.42. The number of hydrogen-bond donors (Lipinski definition) is 2. The first-order valence-corrected chi connectivity index (χ1v) is 13.4. The van der Waals surface area contributed by atoms with Crippen LogP contribution in [0.4, 0.5) is 8.78 Å². The summed E-state index contributed by atoms with van der Waals surface area (Å²) >= 11 is 0. The highest BCUT2D eigenvalue weighted by atomic mass is 32.2. The molecule has 0 fully saturated rings. The molecule has 10 nitrogen and oxygen atoms in total. The van der Waals surface area contributed by atoms with E-state index in [0.29, 0.717) is 40.5 Å². The number of pyridine rings is 1. The van der Waals surface area contributed by atoms with Gasteiger partial charge in [0.25, 0.3) is 5.88 Å². The Morgan fingerprint density at radius 1 is 1.05 bits per heavy atom. The Hall–Kier alpha value is -5.35. The molecule has 1 aromatic heterocycles. The second-order valence-electron chi connectivity index (χ2n) is 8.94. The van der Waals surface area contributed by atoms with Crippen molar-refractivity contribution in [1.82, 2.24) is 9.88 Å². The third kappa shape index (κ3) is 5.61. The number of nitriles is 1. The number of hydrogen-bond acceptors (Lipinski definition) is 9. The molecule has 1 aliphatic rings.